The van der Waals surface area contributed by atoms with Gasteiger partial charge in [-0.15, -0.1) is 0 Å². The van der Waals surface area contributed by atoms with Gasteiger partial charge in [0.25, 0.3) is 0 Å². The minimum absolute atomic E-state index is 0.0416. The molecule has 1 aromatic carbocycles. The van der Waals surface area contributed by atoms with Gasteiger partial charge in [-0.2, -0.15) is 4.39 Å². The Bertz CT molecular complexity index is 421. The van der Waals surface area contributed by atoms with E-state index >= 15 is 0 Å². The molecule has 7 heteroatoms. The average Bonchev–Trinajstić information content (AvgIpc) is 2.39. The van der Waals surface area contributed by atoms with Crippen molar-refractivity contribution in [3.8, 4) is 5.75 Å². The third-order valence-corrected chi connectivity index (χ3v) is 1.99. The summed E-state index contributed by atoms with van der Waals surface area (Å²) in [5.41, 5.74) is 5.08. The molecule has 0 unspecified atom stereocenters. The summed E-state index contributed by atoms with van der Waals surface area (Å²) in [6.07, 6.45) is -0.907. The van der Waals surface area contributed by atoms with E-state index in [0.717, 1.165) is 0 Å². The fourth-order valence-electron chi connectivity index (χ4n) is 1.15. The quantitative estimate of drug-likeness (QED) is 0.348. The second-order valence-corrected chi connectivity index (χ2v) is 3.40. The van der Waals surface area contributed by atoms with Crippen molar-refractivity contribution in [1.82, 2.24) is 0 Å². The van der Waals surface area contributed by atoms with Gasteiger partial charge in [-0.25, -0.2) is 4.79 Å². The third-order valence-electron chi connectivity index (χ3n) is 1.99. The maximum absolute atomic E-state index is 12.3. The zero-order chi connectivity index (χ0) is 14.1. The van der Waals surface area contributed by atoms with E-state index in [1.165, 1.54) is 24.3 Å². The Morgan fingerprint density at radius 2 is 1.79 bits per heavy atom. The molecule has 19 heavy (non-hydrogen) atoms. The van der Waals surface area contributed by atoms with Crippen molar-refractivity contribution < 1.29 is 28.2 Å². The smallest absolute Gasteiger partial charge is 0.432 e. The van der Waals surface area contributed by atoms with E-state index in [0.29, 0.717) is 13.2 Å². The van der Waals surface area contributed by atoms with Gasteiger partial charge >= 0.3 is 12.2 Å². The predicted molar refractivity (Wildman–Crippen MR) is 63.7 cm³/mol. The maximum atomic E-state index is 12.3. The van der Waals surface area contributed by atoms with Crippen LogP contribution in [0.1, 0.15) is 10.4 Å². The van der Waals surface area contributed by atoms with Crippen molar-refractivity contribution in [3.63, 3.8) is 0 Å². The molecule has 0 aliphatic rings. The molecular formula is C12H14FNO5. The highest BCUT2D eigenvalue weighted by molar-refractivity contribution is 5.88. The van der Waals surface area contributed by atoms with Crippen LogP contribution in [0.25, 0.3) is 0 Å². The lowest BCUT2D eigenvalue weighted by Crippen LogP contribution is -2.16. The van der Waals surface area contributed by atoms with Crippen LogP contribution < -0.4 is 10.5 Å². The molecule has 2 N–H and O–H groups in total. The summed E-state index contributed by atoms with van der Waals surface area (Å²) < 4.78 is 26.8. The summed E-state index contributed by atoms with van der Waals surface area (Å²) in [7, 11) is 0. The second-order valence-electron chi connectivity index (χ2n) is 3.40. The standard InChI is InChI=1S/C12H14FNO5/c13-11(15)9-1-3-10(4-2-9)19-12(16)18-8-7-17-6-5-14/h1-4H,5-8,14H2. The number of benzene rings is 1. The second kappa shape index (κ2) is 8.17. The zero-order valence-electron chi connectivity index (χ0n) is 10.1. The molecule has 0 atom stereocenters. The first-order chi connectivity index (χ1) is 9.13. The Morgan fingerprint density at radius 1 is 1.11 bits per heavy atom. The van der Waals surface area contributed by atoms with E-state index in [1.54, 1.807) is 0 Å². The van der Waals surface area contributed by atoms with E-state index in [-0.39, 0.29) is 24.5 Å². The van der Waals surface area contributed by atoms with Gasteiger partial charge in [0, 0.05) is 6.54 Å². The summed E-state index contributed by atoms with van der Waals surface area (Å²) in [4.78, 5) is 21.6. The number of carbonyl (C=O) groups is 2. The maximum Gasteiger partial charge on any atom is 0.513 e. The Labute approximate surface area is 109 Å². The molecule has 1 aromatic rings. The first-order valence-electron chi connectivity index (χ1n) is 5.56. The monoisotopic (exact) mass is 271 g/mol. The van der Waals surface area contributed by atoms with Crippen LogP contribution in [0.3, 0.4) is 0 Å². The summed E-state index contributed by atoms with van der Waals surface area (Å²) in [5.74, 6) is 0.151. The van der Waals surface area contributed by atoms with Crippen LogP contribution in [0.5, 0.6) is 5.75 Å². The lowest BCUT2D eigenvalue weighted by Gasteiger charge is -2.06. The van der Waals surface area contributed by atoms with Gasteiger partial charge in [-0.1, -0.05) is 0 Å². The van der Waals surface area contributed by atoms with Crippen LogP contribution in [0.2, 0.25) is 0 Å². The molecule has 0 heterocycles. The van der Waals surface area contributed by atoms with E-state index in [1.807, 2.05) is 0 Å². The Morgan fingerprint density at radius 3 is 2.37 bits per heavy atom. The van der Waals surface area contributed by atoms with Crippen molar-refractivity contribution in [3.05, 3.63) is 29.8 Å². The van der Waals surface area contributed by atoms with Crippen LogP contribution in [0.4, 0.5) is 9.18 Å². The first kappa shape index (κ1) is 15.1. The van der Waals surface area contributed by atoms with Gasteiger partial charge < -0.3 is 19.9 Å². The van der Waals surface area contributed by atoms with Gasteiger partial charge in [0.2, 0.25) is 0 Å². The molecule has 0 aromatic heterocycles. The molecule has 1 rings (SSSR count). The normalized spacial score (nSPS) is 10.0. The van der Waals surface area contributed by atoms with E-state index in [4.69, 9.17) is 19.9 Å². The molecule has 0 fully saturated rings. The molecule has 0 aliphatic carbocycles. The van der Waals surface area contributed by atoms with Crippen molar-refractivity contribution >= 4 is 12.2 Å². The molecule has 104 valence electrons. The lowest BCUT2D eigenvalue weighted by molar-refractivity contribution is 0.0544. The number of nitrogens with two attached hydrogens (primary N) is 1. The Hall–Kier alpha value is -1.99. The number of halogens is 1. The fourth-order valence-corrected chi connectivity index (χ4v) is 1.15. The topological polar surface area (TPSA) is 87.8 Å². The van der Waals surface area contributed by atoms with E-state index in [9.17, 15) is 14.0 Å². The largest absolute Gasteiger partial charge is 0.513 e. The highest BCUT2D eigenvalue weighted by Gasteiger charge is 2.07. The van der Waals surface area contributed by atoms with Crippen molar-refractivity contribution in [2.45, 2.75) is 0 Å². The van der Waals surface area contributed by atoms with Crippen LogP contribution in [-0.4, -0.2) is 38.6 Å². The van der Waals surface area contributed by atoms with Gasteiger partial charge in [-0.3, -0.25) is 4.79 Å². The van der Waals surface area contributed by atoms with Crippen molar-refractivity contribution in [2.24, 2.45) is 5.73 Å². The number of hydrogen-bond donors (Lipinski definition) is 1. The minimum Gasteiger partial charge on any atom is -0.432 e. The molecule has 0 saturated heterocycles. The molecule has 0 aliphatic heterocycles. The highest BCUT2D eigenvalue weighted by Crippen LogP contribution is 2.13. The number of ether oxygens (including phenoxy) is 3. The lowest BCUT2D eigenvalue weighted by atomic mass is 10.2. The van der Waals surface area contributed by atoms with Crippen molar-refractivity contribution in [1.29, 1.82) is 0 Å². The van der Waals surface area contributed by atoms with Gasteiger partial charge in [-0.05, 0) is 24.3 Å². The summed E-state index contributed by atoms with van der Waals surface area (Å²) >= 11 is 0. The molecule has 0 radical (unpaired) electrons. The molecule has 6 nitrogen and oxygen atoms in total. The summed E-state index contributed by atoms with van der Waals surface area (Å²) in [5, 5.41) is 0. The first-order valence-corrected chi connectivity index (χ1v) is 5.56. The van der Waals surface area contributed by atoms with E-state index in [2.05, 4.69) is 0 Å². The predicted octanol–water partition coefficient (Wildman–Crippen LogP) is 1.29. The third kappa shape index (κ3) is 5.94. The molecule has 0 bridgehead atoms. The zero-order valence-corrected chi connectivity index (χ0v) is 10.1. The molecule has 0 amide bonds. The minimum atomic E-state index is -1.55. The average molecular weight is 271 g/mol. The van der Waals surface area contributed by atoms with Crippen LogP contribution >= 0.6 is 0 Å². The van der Waals surface area contributed by atoms with Crippen LogP contribution in [0, 0.1) is 0 Å². The van der Waals surface area contributed by atoms with E-state index < -0.39 is 12.2 Å². The number of rotatable bonds is 7. The highest BCUT2D eigenvalue weighted by atomic mass is 19.1. The van der Waals surface area contributed by atoms with Gasteiger partial charge in [0.05, 0.1) is 18.8 Å². The van der Waals surface area contributed by atoms with Gasteiger partial charge in [0.1, 0.15) is 12.4 Å². The fraction of sp³-hybridized carbons (Fsp3) is 0.333. The van der Waals surface area contributed by atoms with Crippen LogP contribution in [0.15, 0.2) is 24.3 Å². The Kier molecular flexibility index (Phi) is 6.48. The molecule has 0 spiro atoms. The molecular weight excluding hydrogens is 257 g/mol. The Balaban J connectivity index is 2.30. The summed E-state index contributed by atoms with van der Waals surface area (Å²) in [6.45, 7) is 1.04. The number of carbonyl (C=O) groups excluding carboxylic acids is 2. The van der Waals surface area contributed by atoms with Crippen LogP contribution in [-0.2, 0) is 9.47 Å². The SMILES string of the molecule is NCCOCCOC(=O)Oc1ccc(C(=O)F)cc1. The van der Waals surface area contributed by atoms with Gasteiger partial charge in [0.15, 0.2) is 0 Å². The summed E-state index contributed by atoms with van der Waals surface area (Å²) in [6, 6.07) is 3.44. The number of hydrogen-bond acceptors (Lipinski definition) is 6. The molecule has 0 saturated carbocycles. The van der Waals surface area contributed by atoms with Crippen molar-refractivity contribution in [2.75, 3.05) is 26.4 Å².